The fourth-order valence-corrected chi connectivity index (χ4v) is 3.47. The molecule has 1 aromatic carbocycles. The first kappa shape index (κ1) is 16.3. The standard InChI is InChI=1S/C17H25ClN2O/c1-4-17(10-7-11-19-12-17)16(21)20(3)13(2)14-8-5-6-9-15(14)18/h5-6,8-9,13,19H,4,7,10-12H2,1-3H3. The Morgan fingerprint density at radius 2 is 2.19 bits per heavy atom. The average Bonchev–Trinajstić information content (AvgIpc) is 2.54. The molecule has 4 heteroatoms. The highest BCUT2D eigenvalue weighted by atomic mass is 35.5. The van der Waals surface area contributed by atoms with Crippen molar-refractivity contribution >= 4 is 17.5 Å². The van der Waals surface area contributed by atoms with E-state index >= 15 is 0 Å². The molecule has 0 radical (unpaired) electrons. The molecule has 1 N–H and O–H groups in total. The van der Waals surface area contributed by atoms with Gasteiger partial charge in [0, 0.05) is 18.6 Å². The van der Waals surface area contributed by atoms with Crippen LogP contribution >= 0.6 is 11.6 Å². The predicted octanol–water partition coefficient (Wildman–Crippen LogP) is 3.64. The van der Waals surface area contributed by atoms with E-state index in [9.17, 15) is 4.79 Å². The van der Waals surface area contributed by atoms with Gasteiger partial charge in [0.25, 0.3) is 0 Å². The van der Waals surface area contributed by atoms with Gasteiger partial charge in [-0.1, -0.05) is 36.7 Å². The highest BCUT2D eigenvalue weighted by Crippen LogP contribution is 2.35. The minimum Gasteiger partial charge on any atom is -0.338 e. The second-order valence-electron chi connectivity index (χ2n) is 6.03. The Labute approximate surface area is 132 Å². The fourth-order valence-electron chi connectivity index (χ4n) is 3.18. The van der Waals surface area contributed by atoms with Crippen LogP contribution in [0.4, 0.5) is 0 Å². The van der Waals surface area contributed by atoms with Gasteiger partial charge in [-0.05, 0) is 44.4 Å². The Morgan fingerprint density at radius 1 is 1.48 bits per heavy atom. The number of hydrogen-bond donors (Lipinski definition) is 1. The molecule has 1 fully saturated rings. The number of carbonyl (C=O) groups is 1. The van der Waals surface area contributed by atoms with Gasteiger partial charge in [-0.25, -0.2) is 0 Å². The smallest absolute Gasteiger partial charge is 0.230 e. The molecule has 116 valence electrons. The summed E-state index contributed by atoms with van der Waals surface area (Å²) in [4.78, 5) is 14.9. The zero-order valence-electron chi connectivity index (χ0n) is 13.2. The molecule has 3 nitrogen and oxygen atoms in total. The van der Waals surface area contributed by atoms with Gasteiger partial charge in [0.2, 0.25) is 5.91 Å². The van der Waals surface area contributed by atoms with Gasteiger partial charge in [0.15, 0.2) is 0 Å². The third-order valence-corrected chi connectivity index (χ3v) is 5.20. The van der Waals surface area contributed by atoms with E-state index in [2.05, 4.69) is 12.2 Å². The van der Waals surface area contributed by atoms with Crippen molar-refractivity contribution in [1.82, 2.24) is 10.2 Å². The van der Waals surface area contributed by atoms with Crippen molar-refractivity contribution in [2.45, 2.75) is 39.2 Å². The number of benzene rings is 1. The molecule has 0 spiro atoms. The first-order valence-corrected chi connectivity index (χ1v) is 8.12. The highest BCUT2D eigenvalue weighted by molar-refractivity contribution is 6.31. The summed E-state index contributed by atoms with van der Waals surface area (Å²) in [5.41, 5.74) is 0.743. The summed E-state index contributed by atoms with van der Waals surface area (Å²) >= 11 is 6.27. The molecule has 0 aromatic heterocycles. The van der Waals surface area contributed by atoms with Crippen LogP contribution in [0.2, 0.25) is 5.02 Å². The lowest BCUT2D eigenvalue weighted by Gasteiger charge is -2.40. The van der Waals surface area contributed by atoms with Crippen molar-refractivity contribution < 1.29 is 4.79 Å². The molecule has 1 aliphatic heterocycles. The Hall–Kier alpha value is -1.06. The van der Waals surface area contributed by atoms with Gasteiger partial charge >= 0.3 is 0 Å². The van der Waals surface area contributed by atoms with Crippen molar-refractivity contribution in [3.8, 4) is 0 Å². The molecule has 1 saturated heterocycles. The van der Waals surface area contributed by atoms with E-state index in [0.29, 0.717) is 0 Å². The predicted molar refractivity (Wildman–Crippen MR) is 87.5 cm³/mol. The fraction of sp³-hybridized carbons (Fsp3) is 0.588. The Morgan fingerprint density at radius 3 is 2.76 bits per heavy atom. The molecule has 1 heterocycles. The lowest BCUT2D eigenvalue weighted by molar-refractivity contribution is -0.144. The van der Waals surface area contributed by atoms with Crippen LogP contribution in [0, 0.1) is 5.41 Å². The summed E-state index contributed by atoms with van der Waals surface area (Å²) < 4.78 is 0. The number of amides is 1. The zero-order valence-corrected chi connectivity index (χ0v) is 13.9. The molecule has 0 bridgehead atoms. The van der Waals surface area contributed by atoms with E-state index in [1.165, 1.54) is 0 Å². The number of hydrogen-bond acceptors (Lipinski definition) is 2. The van der Waals surface area contributed by atoms with E-state index in [0.717, 1.165) is 42.9 Å². The number of rotatable bonds is 4. The third kappa shape index (κ3) is 3.24. The van der Waals surface area contributed by atoms with Gasteiger partial charge in [-0.2, -0.15) is 0 Å². The van der Waals surface area contributed by atoms with Crippen LogP contribution in [0.3, 0.4) is 0 Å². The van der Waals surface area contributed by atoms with E-state index in [1.807, 2.05) is 43.1 Å². The molecule has 1 aliphatic rings. The molecule has 1 aromatic rings. The quantitative estimate of drug-likeness (QED) is 0.921. The monoisotopic (exact) mass is 308 g/mol. The minimum atomic E-state index is -0.261. The lowest BCUT2D eigenvalue weighted by Crippen LogP contribution is -2.51. The molecule has 0 saturated carbocycles. The van der Waals surface area contributed by atoms with Gasteiger partial charge in [0.05, 0.1) is 11.5 Å². The number of carbonyl (C=O) groups excluding carboxylic acids is 1. The second-order valence-corrected chi connectivity index (χ2v) is 6.43. The van der Waals surface area contributed by atoms with Crippen LogP contribution in [0.1, 0.15) is 44.7 Å². The Balaban J connectivity index is 2.20. The largest absolute Gasteiger partial charge is 0.338 e. The van der Waals surface area contributed by atoms with Crippen molar-refractivity contribution in [3.63, 3.8) is 0 Å². The molecule has 2 unspecified atom stereocenters. The summed E-state index contributed by atoms with van der Waals surface area (Å²) in [6.07, 6.45) is 2.90. The van der Waals surface area contributed by atoms with E-state index in [-0.39, 0.29) is 17.4 Å². The molecule has 1 amide bonds. The minimum absolute atomic E-state index is 0.0171. The number of halogens is 1. The third-order valence-electron chi connectivity index (χ3n) is 4.86. The Kier molecular flexibility index (Phi) is 5.28. The topological polar surface area (TPSA) is 32.3 Å². The maximum Gasteiger partial charge on any atom is 0.230 e. The van der Waals surface area contributed by atoms with Crippen LogP contribution < -0.4 is 5.32 Å². The first-order chi connectivity index (χ1) is 10.0. The van der Waals surface area contributed by atoms with E-state index < -0.39 is 0 Å². The van der Waals surface area contributed by atoms with Crippen molar-refractivity contribution in [2.24, 2.45) is 5.41 Å². The average molecular weight is 309 g/mol. The van der Waals surface area contributed by atoms with E-state index in [1.54, 1.807) is 0 Å². The maximum absolute atomic E-state index is 13.0. The maximum atomic E-state index is 13.0. The van der Waals surface area contributed by atoms with E-state index in [4.69, 9.17) is 11.6 Å². The molecular weight excluding hydrogens is 284 g/mol. The van der Waals surface area contributed by atoms with Crippen molar-refractivity contribution in [2.75, 3.05) is 20.1 Å². The summed E-state index contributed by atoms with van der Waals surface area (Å²) in [6.45, 7) is 5.94. The van der Waals surface area contributed by atoms with Crippen molar-refractivity contribution in [1.29, 1.82) is 0 Å². The molecule has 2 rings (SSSR count). The Bertz CT molecular complexity index is 497. The summed E-state index contributed by atoms with van der Waals surface area (Å²) in [6, 6.07) is 7.74. The van der Waals surface area contributed by atoms with Crippen LogP contribution in [0.25, 0.3) is 0 Å². The van der Waals surface area contributed by atoms with Gasteiger partial charge < -0.3 is 10.2 Å². The SMILES string of the molecule is CCC1(C(=O)N(C)C(C)c2ccccc2Cl)CCCNC1. The molecule has 2 atom stereocenters. The van der Waals surface area contributed by atoms with Crippen LogP contribution in [-0.4, -0.2) is 30.9 Å². The summed E-state index contributed by atoms with van der Waals surface area (Å²) in [5.74, 6) is 0.226. The summed E-state index contributed by atoms with van der Waals surface area (Å²) in [7, 11) is 1.89. The highest BCUT2D eigenvalue weighted by Gasteiger charge is 2.40. The van der Waals surface area contributed by atoms with Crippen LogP contribution in [0.15, 0.2) is 24.3 Å². The zero-order chi connectivity index (χ0) is 15.5. The number of nitrogens with zero attached hydrogens (tertiary/aromatic N) is 1. The number of piperidine rings is 1. The van der Waals surface area contributed by atoms with Crippen molar-refractivity contribution in [3.05, 3.63) is 34.9 Å². The van der Waals surface area contributed by atoms with Gasteiger partial charge in [-0.15, -0.1) is 0 Å². The normalized spacial score (nSPS) is 23.6. The van der Waals surface area contributed by atoms with Crippen LogP contribution in [0.5, 0.6) is 0 Å². The second kappa shape index (κ2) is 6.80. The first-order valence-electron chi connectivity index (χ1n) is 7.74. The van der Waals surface area contributed by atoms with Gasteiger partial charge in [0.1, 0.15) is 0 Å². The van der Waals surface area contributed by atoms with Crippen LogP contribution in [-0.2, 0) is 4.79 Å². The number of nitrogens with one attached hydrogen (secondary N) is 1. The summed E-state index contributed by atoms with van der Waals surface area (Å²) in [5, 5.41) is 4.10. The molecule has 0 aliphatic carbocycles. The molecular formula is C17H25ClN2O. The molecule has 21 heavy (non-hydrogen) atoms. The van der Waals surface area contributed by atoms with Gasteiger partial charge in [-0.3, -0.25) is 4.79 Å². The lowest BCUT2D eigenvalue weighted by atomic mass is 9.77.